The molecule has 1 aromatic carbocycles. The molecule has 1 heteroatoms. The molecule has 0 amide bonds. The van der Waals surface area contributed by atoms with Gasteiger partial charge in [0.05, 0.1) is 0 Å². The van der Waals surface area contributed by atoms with Gasteiger partial charge in [0.25, 0.3) is 0 Å². The van der Waals surface area contributed by atoms with Crippen LogP contribution in [0, 0.1) is 0 Å². The molecule has 0 unspecified atom stereocenters. The zero-order valence-corrected chi connectivity index (χ0v) is 17.9. The van der Waals surface area contributed by atoms with Crippen molar-refractivity contribution in [3.8, 4) is 0 Å². The zero-order valence-electron chi connectivity index (χ0n) is 17.9. The van der Waals surface area contributed by atoms with Gasteiger partial charge in [0, 0.05) is 0 Å². The number of nitrogens with zero attached hydrogens (tertiary/aromatic N) is 1. The summed E-state index contributed by atoms with van der Waals surface area (Å²) in [5.74, 6) is 0. The molecule has 0 saturated carbocycles. The van der Waals surface area contributed by atoms with Gasteiger partial charge in [-0.15, -0.1) is 0 Å². The maximum atomic E-state index is 2.30. The van der Waals surface area contributed by atoms with Crippen LogP contribution >= 0.6 is 0 Å². The lowest BCUT2D eigenvalue weighted by molar-refractivity contribution is 0.389. The second kappa shape index (κ2) is 17.6. The van der Waals surface area contributed by atoms with E-state index >= 15 is 0 Å². The third kappa shape index (κ3) is 15.4. The van der Waals surface area contributed by atoms with Gasteiger partial charge in [-0.2, -0.15) is 0 Å². The van der Waals surface area contributed by atoms with Gasteiger partial charge in [0.1, 0.15) is 0 Å². The summed E-state index contributed by atoms with van der Waals surface area (Å²) in [7, 11) is 4.35. The van der Waals surface area contributed by atoms with Crippen molar-refractivity contribution < 1.29 is 0 Å². The molecule has 0 spiro atoms. The molecule has 0 atom stereocenters. The van der Waals surface area contributed by atoms with Gasteiger partial charge in [0.2, 0.25) is 0 Å². The number of aryl methyl sites for hydroxylation is 1. The van der Waals surface area contributed by atoms with Crippen LogP contribution in [0.25, 0.3) is 0 Å². The third-order valence-corrected chi connectivity index (χ3v) is 5.41. The standard InChI is InChI=1S/C25H45N/c1-26(2)24-20-15-13-11-9-7-5-3-4-6-8-10-12-14-17-21-25-22-18-16-19-23-25/h16,18-19,22-23H,3-15,17,20-21,24H2,1-2H3. The maximum Gasteiger partial charge on any atom is -0.00248 e. The van der Waals surface area contributed by atoms with Gasteiger partial charge >= 0.3 is 0 Å². The van der Waals surface area contributed by atoms with E-state index in [0.29, 0.717) is 0 Å². The highest BCUT2D eigenvalue weighted by molar-refractivity contribution is 5.14. The van der Waals surface area contributed by atoms with Gasteiger partial charge in [-0.3, -0.25) is 0 Å². The van der Waals surface area contributed by atoms with Crippen molar-refractivity contribution in [2.45, 2.75) is 103 Å². The minimum atomic E-state index is 1.26. The average Bonchev–Trinajstić information content (AvgIpc) is 2.65. The van der Waals surface area contributed by atoms with Crippen LogP contribution in [0.1, 0.15) is 102 Å². The Kier molecular flexibility index (Phi) is 15.7. The summed E-state index contributed by atoms with van der Waals surface area (Å²) in [6, 6.07) is 10.9. The summed E-state index contributed by atoms with van der Waals surface area (Å²) in [5.41, 5.74) is 1.50. The summed E-state index contributed by atoms with van der Waals surface area (Å²) >= 11 is 0. The molecule has 0 fully saturated rings. The molecule has 0 saturated heterocycles. The first-order valence-corrected chi connectivity index (χ1v) is 11.5. The van der Waals surface area contributed by atoms with E-state index in [9.17, 15) is 0 Å². The Bertz CT molecular complexity index is 384. The van der Waals surface area contributed by atoms with Crippen LogP contribution in [0.3, 0.4) is 0 Å². The third-order valence-electron chi connectivity index (χ3n) is 5.41. The van der Waals surface area contributed by atoms with E-state index in [4.69, 9.17) is 0 Å². The molecule has 0 radical (unpaired) electrons. The first-order chi connectivity index (χ1) is 12.8. The molecule has 0 N–H and O–H groups in total. The van der Waals surface area contributed by atoms with Crippen LogP contribution in [-0.2, 0) is 6.42 Å². The number of benzene rings is 1. The van der Waals surface area contributed by atoms with Crippen molar-refractivity contribution in [1.29, 1.82) is 0 Å². The molecule has 1 nitrogen and oxygen atoms in total. The molecular formula is C25H45N. The lowest BCUT2D eigenvalue weighted by Crippen LogP contribution is -2.12. The van der Waals surface area contributed by atoms with Crippen LogP contribution in [0.15, 0.2) is 30.3 Å². The van der Waals surface area contributed by atoms with Crippen LogP contribution in [0.4, 0.5) is 0 Å². The van der Waals surface area contributed by atoms with E-state index in [1.54, 1.807) is 0 Å². The van der Waals surface area contributed by atoms with Crippen molar-refractivity contribution in [3.63, 3.8) is 0 Å². The van der Waals surface area contributed by atoms with E-state index < -0.39 is 0 Å². The summed E-state index contributed by atoms with van der Waals surface area (Å²) in [5, 5.41) is 0. The maximum absolute atomic E-state index is 2.30. The topological polar surface area (TPSA) is 3.24 Å². The van der Waals surface area contributed by atoms with Crippen molar-refractivity contribution in [2.24, 2.45) is 0 Å². The van der Waals surface area contributed by atoms with Crippen LogP contribution in [-0.4, -0.2) is 25.5 Å². The Labute approximate surface area is 164 Å². The van der Waals surface area contributed by atoms with Gasteiger partial charge in [-0.25, -0.2) is 0 Å². The summed E-state index contributed by atoms with van der Waals surface area (Å²) in [6.07, 6.45) is 22.8. The normalized spacial score (nSPS) is 11.3. The first-order valence-electron chi connectivity index (χ1n) is 11.5. The van der Waals surface area contributed by atoms with E-state index in [-0.39, 0.29) is 0 Å². The number of rotatable bonds is 18. The SMILES string of the molecule is CN(C)CCCCCCCCCCCCCCCCCc1ccccc1. The van der Waals surface area contributed by atoms with Crippen LogP contribution in [0.5, 0.6) is 0 Å². The monoisotopic (exact) mass is 359 g/mol. The van der Waals surface area contributed by atoms with E-state index in [2.05, 4.69) is 49.3 Å². The highest BCUT2D eigenvalue weighted by atomic mass is 15.0. The van der Waals surface area contributed by atoms with Crippen molar-refractivity contribution in [1.82, 2.24) is 4.90 Å². The Hall–Kier alpha value is -0.820. The second-order valence-corrected chi connectivity index (χ2v) is 8.34. The van der Waals surface area contributed by atoms with Crippen LogP contribution < -0.4 is 0 Å². The van der Waals surface area contributed by atoms with E-state index in [1.165, 1.54) is 115 Å². The van der Waals surface area contributed by atoms with Gasteiger partial charge in [0.15, 0.2) is 0 Å². The summed E-state index contributed by atoms with van der Waals surface area (Å²) in [6.45, 7) is 1.26. The van der Waals surface area contributed by atoms with Gasteiger partial charge in [-0.05, 0) is 45.5 Å². The molecule has 0 aromatic heterocycles. The molecule has 0 aliphatic carbocycles. The van der Waals surface area contributed by atoms with Crippen molar-refractivity contribution in [2.75, 3.05) is 20.6 Å². The predicted molar refractivity (Wildman–Crippen MR) is 118 cm³/mol. The molecule has 0 bridgehead atoms. The highest BCUT2D eigenvalue weighted by Crippen LogP contribution is 2.14. The predicted octanol–water partition coefficient (Wildman–Crippen LogP) is 7.64. The number of unbranched alkanes of at least 4 members (excludes halogenated alkanes) is 14. The highest BCUT2D eigenvalue weighted by Gasteiger charge is 1.96. The Morgan fingerprint density at radius 1 is 0.500 bits per heavy atom. The molecule has 26 heavy (non-hydrogen) atoms. The lowest BCUT2D eigenvalue weighted by atomic mass is 10.0. The number of hydrogen-bond acceptors (Lipinski definition) is 1. The average molecular weight is 360 g/mol. The zero-order chi connectivity index (χ0) is 18.7. The van der Waals surface area contributed by atoms with E-state index in [0.717, 1.165) is 0 Å². The van der Waals surface area contributed by atoms with E-state index in [1.807, 2.05) is 0 Å². The molecule has 0 heterocycles. The van der Waals surface area contributed by atoms with Crippen LogP contribution in [0.2, 0.25) is 0 Å². The molecule has 0 aliphatic heterocycles. The molecule has 1 aromatic rings. The molecular weight excluding hydrogens is 314 g/mol. The van der Waals surface area contributed by atoms with Gasteiger partial charge in [-0.1, -0.05) is 114 Å². The molecule has 1 rings (SSSR count). The number of hydrogen-bond donors (Lipinski definition) is 0. The van der Waals surface area contributed by atoms with Crippen molar-refractivity contribution in [3.05, 3.63) is 35.9 Å². The minimum absolute atomic E-state index is 1.26. The molecule has 0 aliphatic rings. The quantitative estimate of drug-likeness (QED) is 0.243. The Morgan fingerprint density at radius 3 is 1.31 bits per heavy atom. The summed E-state index contributed by atoms with van der Waals surface area (Å²) in [4.78, 5) is 2.30. The first kappa shape index (κ1) is 23.2. The summed E-state index contributed by atoms with van der Waals surface area (Å²) < 4.78 is 0. The largest absolute Gasteiger partial charge is 0.309 e. The fraction of sp³-hybridized carbons (Fsp3) is 0.760. The van der Waals surface area contributed by atoms with Gasteiger partial charge < -0.3 is 4.90 Å². The lowest BCUT2D eigenvalue weighted by Gasteiger charge is -2.08. The Balaban J connectivity index is 1.70. The fourth-order valence-electron chi connectivity index (χ4n) is 3.70. The minimum Gasteiger partial charge on any atom is -0.309 e. The second-order valence-electron chi connectivity index (χ2n) is 8.34. The fourth-order valence-corrected chi connectivity index (χ4v) is 3.70. The smallest absolute Gasteiger partial charge is 0.00248 e. The van der Waals surface area contributed by atoms with Crippen molar-refractivity contribution >= 4 is 0 Å². The Morgan fingerprint density at radius 2 is 0.885 bits per heavy atom. The molecule has 150 valence electrons.